The second-order valence-corrected chi connectivity index (χ2v) is 5.26. The van der Waals surface area contributed by atoms with Crippen molar-refractivity contribution in [2.45, 2.75) is 32.5 Å². The molecule has 84 valence electrons. The first-order valence-electron chi connectivity index (χ1n) is 4.82. The van der Waals surface area contributed by atoms with E-state index in [0.29, 0.717) is 5.69 Å². The molecule has 1 N–H and O–H groups in total. The summed E-state index contributed by atoms with van der Waals surface area (Å²) in [6, 6.07) is 3.63. The maximum atomic E-state index is 9.77. The van der Waals surface area contributed by atoms with Gasteiger partial charge >= 0.3 is 0 Å². The predicted molar refractivity (Wildman–Crippen MR) is 62.6 cm³/mol. The Labute approximate surface area is 98.6 Å². The summed E-state index contributed by atoms with van der Waals surface area (Å²) < 4.78 is 6.37. The number of aliphatic hydroxyl groups excluding tert-OH is 1. The molecule has 0 aliphatic heterocycles. The van der Waals surface area contributed by atoms with E-state index in [0.717, 1.165) is 4.47 Å². The van der Waals surface area contributed by atoms with Gasteiger partial charge in [-0.25, -0.2) is 0 Å². The van der Waals surface area contributed by atoms with Crippen LogP contribution in [0.4, 0.5) is 0 Å². The highest BCUT2D eigenvalue weighted by molar-refractivity contribution is 9.10. The third-order valence-corrected chi connectivity index (χ3v) is 2.23. The number of nitrogens with zero attached hydrogens (tertiary/aromatic N) is 1. The monoisotopic (exact) mass is 273 g/mol. The van der Waals surface area contributed by atoms with Gasteiger partial charge in [0.15, 0.2) is 0 Å². The molecule has 0 saturated heterocycles. The Morgan fingerprint density at radius 1 is 1.47 bits per heavy atom. The number of aromatic nitrogens is 1. The van der Waals surface area contributed by atoms with Gasteiger partial charge in [0.25, 0.3) is 0 Å². The lowest BCUT2D eigenvalue weighted by Crippen LogP contribution is -2.23. The molecule has 1 aromatic heterocycles. The fourth-order valence-electron chi connectivity index (χ4n) is 0.999. The minimum Gasteiger partial charge on any atom is -0.384 e. The fraction of sp³-hybridized carbons (Fsp3) is 0.545. The van der Waals surface area contributed by atoms with Crippen molar-refractivity contribution in [3.05, 3.63) is 28.5 Å². The molecule has 0 fully saturated rings. The van der Waals surface area contributed by atoms with Crippen LogP contribution in [0.5, 0.6) is 0 Å². The Hall–Kier alpha value is -0.450. The second-order valence-electron chi connectivity index (χ2n) is 4.34. The van der Waals surface area contributed by atoms with Gasteiger partial charge in [0.2, 0.25) is 0 Å². The first-order valence-corrected chi connectivity index (χ1v) is 5.61. The molecule has 15 heavy (non-hydrogen) atoms. The lowest BCUT2D eigenvalue weighted by molar-refractivity contribution is -0.0506. The molecule has 1 rings (SSSR count). The van der Waals surface area contributed by atoms with Crippen LogP contribution in [0.3, 0.4) is 0 Å². The normalized spacial score (nSPS) is 13.9. The molecule has 0 saturated carbocycles. The minimum absolute atomic E-state index is 0.240. The van der Waals surface area contributed by atoms with E-state index < -0.39 is 6.10 Å². The average molecular weight is 274 g/mol. The number of halogens is 1. The molecule has 0 aromatic carbocycles. The van der Waals surface area contributed by atoms with Crippen LogP contribution in [-0.2, 0) is 4.74 Å². The van der Waals surface area contributed by atoms with Crippen LogP contribution in [0, 0.1) is 0 Å². The Bertz CT molecular complexity index is 305. The highest BCUT2D eigenvalue weighted by atomic mass is 79.9. The molecule has 0 bridgehead atoms. The minimum atomic E-state index is -0.669. The third kappa shape index (κ3) is 4.73. The van der Waals surface area contributed by atoms with Crippen LogP contribution >= 0.6 is 15.9 Å². The Morgan fingerprint density at radius 3 is 2.60 bits per heavy atom. The third-order valence-electron chi connectivity index (χ3n) is 1.77. The second kappa shape index (κ2) is 5.05. The molecule has 0 unspecified atom stereocenters. The number of rotatable bonds is 3. The highest BCUT2D eigenvalue weighted by Gasteiger charge is 2.15. The lowest BCUT2D eigenvalue weighted by Gasteiger charge is -2.21. The van der Waals surface area contributed by atoms with Gasteiger partial charge in [-0.05, 0) is 48.8 Å². The van der Waals surface area contributed by atoms with E-state index in [1.54, 1.807) is 12.3 Å². The van der Waals surface area contributed by atoms with Crippen LogP contribution < -0.4 is 0 Å². The van der Waals surface area contributed by atoms with Gasteiger partial charge in [-0.15, -0.1) is 0 Å². The van der Waals surface area contributed by atoms with Crippen molar-refractivity contribution >= 4 is 15.9 Å². The maximum absolute atomic E-state index is 9.77. The number of hydrogen-bond donors (Lipinski definition) is 1. The summed E-state index contributed by atoms with van der Waals surface area (Å²) in [7, 11) is 0. The van der Waals surface area contributed by atoms with E-state index in [1.807, 2.05) is 26.8 Å². The van der Waals surface area contributed by atoms with E-state index >= 15 is 0 Å². The van der Waals surface area contributed by atoms with Gasteiger partial charge in [0, 0.05) is 10.7 Å². The molecule has 0 radical (unpaired) electrons. The van der Waals surface area contributed by atoms with Crippen LogP contribution in [0.15, 0.2) is 22.8 Å². The van der Waals surface area contributed by atoms with Crippen molar-refractivity contribution in [2.75, 3.05) is 6.61 Å². The average Bonchev–Trinajstić information content (AvgIpc) is 2.14. The lowest BCUT2D eigenvalue weighted by atomic mass is 10.2. The van der Waals surface area contributed by atoms with Gasteiger partial charge in [-0.3, -0.25) is 4.98 Å². The standard InChI is InChI=1S/C11H16BrNO2/c1-11(2,3)15-7-10(14)9-5-4-8(12)6-13-9/h4-6,10,14H,7H2,1-3H3/t10-/m0/s1. The first-order chi connectivity index (χ1) is 6.88. The first kappa shape index (κ1) is 12.6. The SMILES string of the molecule is CC(C)(C)OC[C@H](O)c1ccc(Br)cn1. The number of aliphatic hydroxyl groups is 1. The zero-order valence-electron chi connectivity index (χ0n) is 9.20. The summed E-state index contributed by atoms with van der Waals surface area (Å²) in [5.74, 6) is 0. The Morgan fingerprint density at radius 2 is 2.13 bits per heavy atom. The maximum Gasteiger partial charge on any atom is 0.119 e. The fourth-order valence-corrected chi connectivity index (χ4v) is 1.23. The van der Waals surface area contributed by atoms with Gasteiger partial charge < -0.3 is 9.84 Å². The molecule has 3 nitrogen and oxygen atoms in total. The zero-order chi connectivity index (χ0) is 11.5. The smallest absolute Gasteiger partial charge is 0.119 e. The molecule has 1 aromatic rings. The van der Waals surface area contributed by atoms with Crippen LogP contribution in [0.2, 0.25) is 0 Å². The largest absolute Gasteiger partial charge is 0.384 e. The van der Waals surface area contributed by atoms with Crippen molar-refractivity contribution in [1.29, 1.82) is 0 Å². The van der Waals surface area contributed by atoms with Crippen LogP contribution in [-0.4, -0.2) is 22.3 Å². The van der Waals surface area contributed by atoms with Crippen LogP contribution in [0.1, 0.15) is 32.6 Å². The van der Waals surface area contributed by atoms with Crippen molar-refractivity contribution in [1.82, 2.24) is 4.98 Å². The highest BCUT2D eigenvalue weighted by Crippen LogP contribution is 2.16. The van der Waals surface area contributed by atoms with Gasteiger partial charge in [-0.1, -0.05) is 0 Å². The molecule has 0 aliphatic rings. The molecule has 0 spiro atoms. The topological polar surface area (TPSA) is 42.4 Å². The summed E-state index contributed by atoms with van der Waals surface area (Å²) in [5.41, 5.74) is 0.388. The van der Waals surface area contributed by atoms with Crippen molar-refractivity contribution in [2.24, 2.45) is 0 Å². The number of ether oxygens (including phenoxy) is 1. The van der Waals surface area contributed by atoms with E-state index in [1.165, 1.54) is 0 Å². The van der Waals surface area contributed by atoms with Crippen molar-refractivity contribution < 1.29 is 9.84 Å². The van der Waals surface area contributed by atoms with E-state index in [4.69, 9.17) is 4.74 Å². The van der Waals surface area contributed by atoms with E-state index in [9.17, 15) is 5.11 Å². The zero-order valence-corrected chi connectivity index (χ0v) is 10.8. The molecular weight excluding hydrogens is 258 g/mol. The summed E-state index contributed by atoms with van der Waals surface area (Å²) >= 11 is 3.29. The van der Waals surface area contributed by atoms with Gasteiger partial charge in [0.1, 0.15) is 6.10 Å². The summed E-state index contributed by atoms with van der Waals surface area (Å²) in [4.78, 5) is 4.10. The molecule has 0 amide bonds. The van der Waals surface area contributed by atoms with Gasteiger partial charge in [-0.2, -0.15) is 0 Å². The van der Waals surface area contributed by atoms with Crippen molar-refractivity contribution in [3.63, 3.8) is 0 Å². The molecule has 4 heteroatoms. The Balaban J connectivity index is 2.54. The molecule has 0 aliphatic carbocycles. The van der Waals surface area contributed by atoms with E-state index in [-0.39, 0.29) is 12.2 Å². The molecular formula is C11H16BrNO2. The number of hydrogen-bond acceptors (Lipinski definition) is 3. The summed E-state index contributed by atoms with van der Waals surface area (Å²) in [6.45, 7) is 6.12. The molecule has 1 atom stereocenters. The summed E-state index contributed by atoms with van der Waals surface area (Å²) in [6.07, 6.45) is 0.993. The van der Waals surface area contributed by atoms with Crippen LogP contribution in [0.25, 0.3) is 0 Å². The number of pyridine rings is 1. The van der Waals surface area contributed by atoms with E-state index in [2.05, 4.69) is 20.9 Å². The summed E-state index contributed by atoms with van der Waals surface area (Å²) in [5, 5.41) is 9.77. The molecule has 1 heterocycles. The van der Waals surface area contributed by atoms with Crippen molar-refractivity contribution in [3.8, 4) is 0 Å². The van der Waals surface area contributed by atoms with Gasteiger partial charge in [0.05, 0.1) is 17.9 Å². The predicted octanol–water partition coefficient (Wildman–Crippen LogP) is 2.69. The quantitative estimate of drug-likeness (QED) is 0.921. The Kier molecular flexibility index (Phi) is 4.25.